The van der Waals surface area contributed by atoms with Crippen molar-refractivity contribution in [3.05, 3.63) is 5.21 Å². The molecule has 6 heteroatoms. The average Bonchev–Trinajstić information content (AvgIpc) is 2.36. The first-order valence-electron chi connectivity index (χ1n) is 4.13. The Kier molecular flexibility index (Phi) is 3.35. The van der Waals surface area contributed by atoms with E-state index in [-0.39, 0.29) is 24.6 Å². The third-order valence-electron chi connectivity index (χ3n) is 1.58. The molecule has 1 fully saturated rings. The van der Waals surface area contributed by atoms with Crippen LogP contribution in [0.2, 0.25) is 0 Å². The van der Waals surface area contributed by atoms with E-state index in [4.69, 9.17) is 0 Å². The summed E-state index contributed by atoms with van der Waals surface area (Å²) in [6, 6.07) is 0. The summed E-state index contributed by atoms with van der Waals surface area (Å²) in [6.07, 6.45) is 0.845. The molecule has 0 aromatic heterocycles. The quantitative estimate of drug-likeness (QED) is 0.464. The molecule has 74 valence electrons. The predicted octanol–water partition coefficient (Wildman–Crippen LogP) is 0.192. The maximum Gasteiger partial charge on any atom is 0.255 e. The fourth-order valence-corrected chi connectivity index (χ4v) is 0.962. The summed E-state index contributed by atoms with van der Waals surface area (Å²) in [7, 11) is 0. The van der Waals surface area contributed by atoms with E-state index in [0.29, 0.717) is 11.5 Å². The molecular weight excluding hydrogens is 176 g/mol. The van der Waals surface area contributed by atoms with Crippen LogP contribution in [0.5, 0.6) is 0 Å². The molecule has 0 aromatic carbocycles. The fraction of sp³-hybridized carbons (Fsp3) is 0.714. The van der Waals surface area contributed by atoms with Gasteiger partial charge >= 0.3 is 0 Å². The normalized spacial score (nSPS) is 17.6. The van der Waals surface area contributed by atoms with Crippen LogP contribution in [0.4, 0.5) is 0 Å². The lowest BCUT2D eigenvalue weighted by Crippen LogP contribution is -2.36. The zero-order valence-electron chi connectivity index (χ0n) is 7.36. The first-order valence-corrected chi connectivity index (χ1v) is 4.13. The molecule has 2 amide bonds. The van der Waals surface area contributed by atoms with Gasteiger partial charge < -0.3 is 5.21 Å². The molecule has 0 N–H and O–H groups in total. The molecule has 1 aliphatic rings. The van der Waals surface area contributed by atoms with Crippen LogP contribution >= 0.6 is 0 Å². The van der Waals surface area contributed by atoms with Crippen LogP contribution in [0.1, 0.15) is 26.2 Å². The molecule has 0 spiro atoms. The summed E-state index contributed by atoms with van der Waals surface area (Å²) in [5, 5.41) is 11.6. The van der Waals surface area contributed by atoms with Crippen molar-refractivity contribution in [2.45, 2.75) is 26.2 Å². The Balaban J connectivity index is 2.43. The van der Waals surface area contributed by atoms with E-state index < -0.39 is 11.8 Å². The van der Waals surface area contributed by atoms with Gasteiger partial charge in [0.25, 0.3) is 11.8 Å². The van der Waals surface area contributed by atoms with Crippen molar-refractivity contribution in [3.8, 4) is 0 Å². The Bertz CT molecular complexity index is 203. The van der Waals surface area contributed by atoms with E-state index in [1.54, 1.807) is 6.92 Å². The third kappa shape index (κ3) is 2.48. The standard InChI is InChI=1S/C7H11N2O4/c1-2-5-8(12)13-9-6(10)3-4-7(9)11/h2-5H2,1H3/q-1. The van der Waals surface area contributed by atoms with Gasteiger partial charge in [-0.3, -0.25) is 9.59 Å². The monoisotopic (exact) mass is 187 g/mol. The lowest BCUT2D eigenvalue weighted by Gasteiger charge is -2.28. The molecular formula is C7H11N2O4-. The first-order chi connectivity index (χ1) is 6.15. The maximum atomic E-state index is 10.9. The highest BCUT2D eigenvalue weighted by molar-refractivity contribution is 6.00. The van der Waals surface area contributed by atoms with Gasteiger partial charge in [-0.2, -0.15) is 4.94 Å². The van der Waals surface area contributed by atoms with Crippen LogP contribution in [0.3, 0.4) is 0 Å². The molecule has 0 atom stereocenters. The zero-order valence-corrected chi connectivity index (χ0v) is 7.36. The Hall–Kier alpha value is -0.980. The Morgan fingerprint density at radius 3 is 2.46 bits per heavy atom. The van der Waals surface area contributed by atoms with Crippen molar-refractivity contribution < 1.29 is 14.5 Å². The molecule has 0 saturated carbocycles. The highest BCUT2D eigenvalue weighted by Gasteiger charge is 2.30. The molecule has 13 heavy (non-hydrogen) atoms. The van der Waals surface area contributed by atoms with Gasteiger partial charge in [0.1, 0.15) is 0 Å². The van der Waals surface area contributed by atoms with Crippen molar-refractivity contribution in [2.75, 3.05) is 6.54 Å². The van der Waals surface area contributed by atoms with E-state index in [9.17, 15) is 14.8 Å². The number of carbonyl (C=O) groups excluding carboxylic acids is 2. The Morgan fingerprint density at radius 1 is 1.46 bits per heavy atom. The van der Waals surface area contributed by atoms with Crippen LogP contribution in [-0.4, -0.2) is 28.6 Å². The Labute approximate surface area is 75.5 Å². The summed E-state index contributed by atoms with van der Waals surface area (Å²) in [6.45, 7) is 1.93. The summed E-state index contributed by atoms with van der Waals surface area (Å²) >= 11 is 0. The summed E-state index contributed by atoms with van der Waals surface area (Å²) < 4.78 is 0. The van der Waals surface area contributed by atoms with Crippen LogP contribution in [0.25, 0.3) is 0 Å². The number of hydrogen-bond donors (Lipinski definition) is 0. The molecule has 6 nitrogen and oxygen atoms in total. The van der Waals surface area contributed by atoms with Gasteiger partial charge in [0.15, 0.2) is 0 Å². The maximum absolute atomic E-state index is 10.9. The van der Waals surface area contributed by atoms with E-state index in [1.165, 1.54) is 0 Å². The summed E-state index contributed by atoms with van der Waals surface area (Å²) in [4.78, 5) is 26.4. The van der Waals surface area contributed by atoms with Gasteiger partial charge in [-0.1, -0.05) is 6.92 Å². The summed E-state index contributed by atoms with van der Waals surface area (Å²) in [5.41, 5.74) is 0. The van der Waals surface area contributed by atoms with E-state index >= 15 is 0 Å². The lowest BCUT2D eigenvalue weighted by molar-refractivity contribution is -0.273. The van der Waals surface area contributed by atoms with Crippen molar-refractivity contribution in [1.29, 1.82) is 0 Å². The molecule has 0 aromatic rings. The van der Waals surface area contributed by atoms with E-state index in [1.807, 2.05) is 0 Å². The molecule has 0 bridgehead atoms. The van der Waals surface area contributed by atoms with Crippen molar-refractivity contribution in [1.82, 2.24) is 10.3 Å². The molecule has 1 saturated heterocycles. The number of hydrogen-bond acceptors (Lipinski definition) is 5. The van der Waals surface area contributed by atoms with Gasteiger partial charge in [-0.05, 0) is 6.42 Å². The highest BCUT2D eigenvalue weighted by Crippen LogP contribution is 2.12. The SMILES string of the molecule is CCCN([O-])ON1C(=O)CCC1=O. The molecule has 0 radical (unpaired) electrons. The van der Waals surface area contributed by atoms with Crippen LogP contribution in [-0.2, 0) is 14.5 Å². The van der Waals surface area contributed by atoms with Gasteiger partial charge in [0.2, 0.25) is 0 Å². The lowest BCUT2D eigenvalue weighted by atomic mass is 10.4. The highest BCUT2D eigenvalue weighted by atomic mass is 17.0. The minimum absolute atomic E-state index is 0.124. The number of amides is 2. The largest absolute Gasteiger partial charge is 0.760 e. The fourth-order valence-electron chi connectivity index (χ4n) is 0.962. The van der Waals surface area contributed by atoms with Crippen molar-refractivity contribution >= 4 is 11.8 Å². The Morgan fingerprint density at radius 2 is 2.00 bits per heavy atom. The van der Waals surface area contributed by atoms with Crippen LogP contribution in [0, 0.1) is 5.21 Å². The van der Waals surface area contributed by atoms with Crippen LogP contribution < -0.4 is 0 Å². The van der Waals surface area contributed by atoms with Crippen LogP contribution in [0.15, 0.2) is 0 Å². The average molecular weight is 187 g/mol. The molecule has 0 aliphatic carbocycles. The van der Waals surface area contributed by atoms with Crippen molar-refractivity contribution in [2.24, 2.45) is 0 Å². The molecule has 1 rings (SSSR count). The predicted molar refractivity (Wildman–Crippen MR) is 42.5 cm³/mol. The second-order valence-corrected chi connectivity index (χ2v) is 2.72. The van der Waals surface area contributed by atoms with Gasteiger partial charge in [0, 0.05) is 19.4 Å². The topological polar surface area (TPSA) is 72.9 Å². The minimum Gasteiger partial charge on any atom is -0.760 e. The number of imide groups is 1. The second kappa shape index (κ2) is 4.31. The number of carbonyl (C=O) groups is 2. The second-order valence-electron chi connectivity index (χ2n) is 2.72. The number of hydroxylamine groups is 4. The van der Waals surface area contributed by atoms with Crippen molar-refractivity contribution in [3.63, 3.8) is 0 Å². The van der Waals surface area contributed by atoms with E-state index in [2.05, 4.69) is 4.94 Å². The number of rotatable bonds is 4. The molecule has 1 heterocycles. The summed E-state index contributed by atoms with van der Waals surface area (Å²) in [5.74, 6) is -0.913. The van der Waals surface area contributed by atoms with Gasteiger partial charge in [0.05, 0.1) is 0 Å². The molecule has 0 unspecified atom stereocenters. The smallest absolute Gasteiger partial charge is 0.255 e. The third-order valence-corrected chi connectivity index (χ3v) is 1.58. The van der Waals surface area contributed by atoms with E-state index in [0.717, 1.165) is 0 Å². The number of nitrogens with zero attached hydrogens (tertiary/aromatic N) is 2. The first kappa shape index (κ1) is 10.1. The van der Waals surface area contributed by atoms with Gasteiger partial charge in [-0.25, -0.2) is 5.23 Å². The molecule has 1 aliphatic heterocycles. The minimum atomic E-state index is -0.457. The zero-order chi connectivity index (χ0) is 9.84. The van der Waals surface area contributed by atoms with Gasteiger partial charge in [-0.15, -0.1) is 5.06 Å².